The third-order valence-electron chi connectivity index (χ3n) is 2.21. The van der Waals surface area contributed by atoms with Crippen molar-refractivity contribution in [2.45, 2.75) is 20.0 Å². The van der Waals surface area contributed by atoms with E-state index in [4.69, 9.17) is 5.11 Å². The standard InChI is InChI=1S/C8H13NO4/c1-8(2)4-9(3-5(10)11)7(13)6(8)12/h6,12H,3-4H2,1-2H3,(H,10,11)/t6-/m0/s1. The number of carboxylic acids is 1. The molecule has 1 atom stereocenters. The van der Waals surface area contributed by atoms with E-state index in [0.29, 0.717) is 6.54 Å². The molecule has 0 bridgehead atoms. The number of nitrogens with zero attached hydrogens (tertiary/aromatic N) is 1. The van der Waals surface area contributed by atoms with E-state index in [1.54, 1.807) is 13.8 Å². The highest BCUT2D eigenvalue weighted by molar-refractivity contribution is 5.87. The van der Waals surface area contributed by atoms with Crippen LogP contribution in [-0.4, -0.2) is 46.2 Å². The fourth-order valence-corrected chi connectivity index (χ4v) is 1.46. The second kappa shape index (κ2) is 2.99. The minimum atomic E-state index is -1.08. The van der Waals surface area contributed by atoms with Gasteiger partial charge in [0.05, 0.1) is 0 Å². The number of aliphatic hydroxyl groups is 1. The van der Waals surface area contributed by atoms with Crippen molar-refractivity contribution in [1.29, 1.82) is 0 Å². The van der Waals surface area contributed by atoms with E-state index >= 15 is 0 Å². The Hall–Kier alpha value is -1.10. The number of rotatable bonds is 2. The van der Waals surface area contributed by atoms with Crippen molar-refractivity contribution in [2.24, 2.45) is 5.41 Å². The maximum atomic E-state index is 11.3. The van der Waals surface area contributed by atoms with Crippen molar-refractivity contribution in [3.63, 3.8) is 0 Å². The molecule has 0 aromatic rings. The van der Waals surface area contributed by atoms with Crippen LogP contribution in [0.2, 0.25) is 0 Å². The Bertz CT molecular complexity index is 249. The molecule has 1 heterocycles. The quantitative estimate of drug-likeness (QED) is 0.599. The zero-order valence-electron chi connectivity index (χ0n) is 7.65. The predicted molar refractivity (Wildman–Crippen MR) is 44.0 cm³/mol. The number of carbonyl (C=O) groups is 2. The molecule has 0 saturated carbocycles. The van der Waals surface area contributed by atoms with E-state index in [9.17, 15) is 14.7 Å². The number of carboxylic acid groups (broad SMARTS) is 1. The van der Waals surface area contributed by atoms with E-state index in [2.05, 4.69) is 0 Å². The van der Waals surface area contributed by atoms with E-state index in [-0.39, 0.29) is 6.54 Å². The first-order valence-electron chi connectivity index (χ1n) is 4.03. The van der Waals surface area contributed by atoms with Gasteiger partial charge >= 0.3 is 5.97 Å². The normalized spacial score (nSPS) is 26.5. The van der Waals surface area contributed by atoms with Gasteiger partial charge in [0.15, 0.2) is 0 Å². The van der Waals surface area contributed by atoms with Gasteiger partial charge in [-0.1, -0.05) is 13.8 Å². The summed E-state index contributed by atoms with van der Waals surface area (Å²) in [6.45, 7) is 3.42. The molecule has 0 unspecified atom stereocenters. The molecule has 1 fully saturated rings. The van der Waals surface area contributed by atoms with Crippen molar-refractivity contribution < 1.29 is 19.8 Å². The summed E-state index contributed by atoms with van der Waals surface area (Å²) < 4.78 is 0. The Labute approximate surface area is 76.0 Å². The zero-order valence-corrected chi connectivity index (χ0v) is 7.65. The van der Waals surface area contributed by atoms with Crippen molar-refractivity contribution in [1.82, 2.24) is 4.90 Å². The topological polar surface area (TPSA) is 77.8 Å². The van der Waals surface area contributed by atoms with Crippen molar-refractivity contribution in [2.75, 3.05) is 13.1 Å². The molecule has 1 aliphatic heterocycles. The van der Waals surface area contributed by atoms with Crippen LogP contribution in [-0.2, 0) is 9.59 Å². The van der Waals surface area contributed by atoms with Crippen molar-refractivity contribution in [3.8, 4) is 0 Å². The van der Waals surface area contributed by atoms with Crippen LogP contribution in [0.15, 0.2) is 0 Å². The van der Waals surface area contributed by atoms with Gasteiger partial charge in [0.25, 0.3) is 5.91 Å². The fraction of sp³-hybridized carbons (Fsp3) is 0.750. The molecule has 0 radical (unpaired) electrons. The van der Waals surface area contributed by atoms with Crippen LogP contribution in [0.4, 0.5) is 0 Å². The summed E-state index contributed by atoms with van der Waals surface area (Å²) in [6, 6.07) is 0. The lowest BCUT2D eigenvalue weighted by Gasteiger charge is -2.18. The van der Waals surface area contributed by atoms with Crippen LogP contribution < -0.4 is 0 Å². The van der Waals surface area contributed by atoms with Gasteiger partial charge in [0.1, 0.15) is 12.6 Å². The Morgan fingerprint density at radius 3 is 2.54 bits per heavy atom. The van der Waals surface area contributed by atoms with Gasteiger partial charge in [0.2, 0.25) is 0 Å². The van der Waals surface area contributed by atoms with Crippen molar-refractivity contribution in [3.05, 3.63) is 0 Å². The molecular formula is C8H13NO4. The van der Waals surface area contributed by atoms with Gasteiger partial charge in [-0.2, -0.15) is 0 Å². The van der Waals surface area contributed by atoms with Gasteiger partial charge in [-0.3, -0.25) is 9.59 Å². The molecule has 0 spiro atoms. The van der Waals surface area contributed by atoms with Gasteiger partial charge < -0.3 is 15.1 Å². The molecule has 1 rings (SSSR count). The van der Waals surface area contributed by atoms with Crippen molar-refractivity contribution >= 4 is 11.9 Å². The predicted octanol–water partition coefficient (Wildman–Crippen LogP) is -0.700. The summed E-state index contributed by atoms with van der Waals surface area (Å²) in [5.41, 5.74) is -0.549. The fourth-order valence-electron chi connectivity index (χ4n) is 1.46. The third-order valence-corrected chi connectivity index (χ3v) is 2.21. The number of amides is 1. The first kappa shape index (κ1) is 9.98. The Kier molecular flexibility index (Phi) is 2.30. The number of aliphatic carboxylic acids is 1. The SMILES string of the molecule is CC1(C)CN(CC(=O)O)C(=O)[C@@H]1O. The number of carbonyl (C=O) groups excluding carboxylic acids is 1. The molecule has 1 amide bonds. The average molecular weight is 187 g/mol. The zero-order chi connectivity index (χ0) is 10.2. The molecule has 0 aromatic carbocycles. The summed E-state index contributed by atoms with van der Waals surface area (Å²) in [7, 11) is 0. The van der Waals surface area contributed by atoms with Crippen LogP contribution in [0.5, 0.6) is 0 Å². The van der Waals surface area contributed by atoms with Crippen LogP contribution in [0.1, 0.15) is 13.8 Å². The van der Waals surface area contributed by atoms with Gasteiger partial charge in [-0.25, -0.2) is 0 Å². The Morgan fingerprint density at radius 1 is 1.69 bits per heavy atom. The summed E-state index contributed by atoms with van der Waals surface area (Å²) in [6.07, 6.45) is -1.08. The lowest BCUT2D eigenvalue weighted by Crippen LogP contribution is -2.33. The third kappa shape index (κ3) is 1.80. The maximum Gasteiger partial charge on any atom is 0.323 e. The molecule has 0 aromatic heterocycles. The van der Waals surface area contributed by atoms with Gasteiger partial charge in [0, 0.05) is 12.0 Å². The second-order valence-electron chi connectivity index (χ2n) is 3.98. The van der Waals surface area contributed by atoms with E-state index in [1.807, 2.05) is 0 Å². The van der Waals surface area contributed by atoms with Crippen LogP contribution >= 0.6 is 0 Å². The van der Waals surface area contributed by atoms with Crippen LogP contribution in [0, 0.1) is 5.41 Å². The lowest BCUT2D eigenvalue weighted by atomic mass is 9.90. The van der Waals surface area contributed by atoms with E-state index < -0.39 is 23.4 Å². The number of hydrogen-bond donors (Lipinski definition) is 2. The largest absolute Gasteiger partial charge is 0.480 e. The smallest absolute Gasteiger partial charge is 0.323 e. The average Bonchev–Trinajstić information content (AvgIpc) is 2.13. The molecule has 5 nitrogen and oxygen atoms in total. The summed E-state index contributed by atoms with van der Waals surface area (Å²) >= 11 is 0. The number of aliphatic hydroxyl groups excluding tert-OH is 1. The molecule has 1 saturated heterocycles. The second-order valence-corrected chi connectivity index (χ2v) is 3.98. The minimum Gasteiger partial charge on any atom is -0.480 e. The summed E-state index contributed by atoms with van der Waals surface area (Å²) in [5, 5.41) is 17.9. The molecule has 2 N–H and O–H groups in total. The maximum absolute atomic E-state index is 11.3. The minimum absolute atomic E-state index is 0.291. The Balaban J connectivity index is 2.72. The van der Waals surface area contributed by atoms with E-state index in [1.165, 1.54) is 0 Å². The highest BCUT2D eigenvalue weighted by atomic mass is 16.4. The van der Waals surface area contributed by atoms with Gasteiger partial charge in [-0.05, 0) is 0 Å². The first-order chi connectivity index (χ1) is 5.84. The van der Waals surface area contributed by atoms with Gasteiger partial charge in [-0.15, -0.1) is 0 Å². The number of likely N-dealkylation sites (tertiary alicyclic amines) is 1. The Morgan fingerprint density at radius 2 is 2.23 bits per heavy atom. The van der Waals surface area contributed by atoms with E-state index in [0.717, 1.165) is 4.90 Å². The first-order valence-corrected chi connectivity index (χ1v) is 4.03. The van der Waals surface area contributed by atoms with Crippen LogP contribution in [0.3, 0.4) is 0 Å². The lowest BCUT2D eigenvalue weighted by molar-refractivity contribution is -0.145. The highest BCUT2D eigenvalue weighted by Gasteiger charge is 2.45. The molecular weight excluding hydrogens is 174 g/mol. The number of hydrogen-bond acceptors (Lipinski definition) is 3. The van der Waals surface area contributed by atoms with Crippen LogP contribution in [0.25, 0.3) is 0 Å². The molecule has 5 heteroatoms. The summed E-state index contributed by atoms with van der Waals surface area (Å²) in [4.78, 5) is 22.8. The monoisotopic (exact) mass is 187 g/mol. The molecule has 13 heavy (non-hydrogen) atoms. The summed E-state index contributed by atoms with van der Waals surface area (Å²) in [5.74, 6) is -1.55. The molecule has 1 aliphatic rings. The molecule has 74 valence electrons. The molecule has 0 aliphatic carbocycles. The highest BCUT2D eigenvalue weighted by Crippen LogP contribution is 2.30.